The number of thiophene rings is 1. The molecule has 0 radical (unpaired) electrons. The molecule has 5 nitrogen and oxygen atoms in total. The maximum Gasteiger partial charge on any atom is 0.191 e. The summed E-state index contributed by atoms with van der Waals surface area (Å²) >= 11 is 1.89. The van der Waals surface area contributed by atoms with Crippen LogP contribution in [-0.4, -0.2) is 54.8 Å². The smallest absolute Gasteiger partial charge is 0.191 e. The molecule has 27 heavy (non-hydrogen) atoms. The lowest BCUT2D eigenvalue weighted by atomic mass is 10.0. The molecule has 0 aliphatic carbocycles. The van der Waals surface area contributed by atoms with Gasteiger partial charge in [0.15, 0.2) is 5.96 Å². The quantitative estimate of drug-likeness (QED) is 0.258. The van der Waals surface area contributed by atoms with Crippen molar-refractivity contribution in [1.29, 1.82) is 0 Å². The summed E-state index contributed by atoms with van der Waals surface area (Å²) in [4.78, 5) is 8.87. The normalized spacial score (nSPS) is 17.0. The number of guanidine groups is 1. The van der Waals surface area contributed by atoms with Crippen molar-refractivity contribution in [2.45, 2.75) is 59.0 Å². The second-order valence-electron chi connectivity index (χ2n) is 7.21. The Balaban J connectivity index is 0.00000364. The van der Waals surface area contributed by atoms with Crippen LogP contribution in [0.15, 0.2) is 16.4 Å². The first-order chi connectivity index (χ1) is 12.7. The number of aliphatic hydroxyl groups is 1. The van der Waals surface area contributed by atoms with Gasteiger partial charge in [-0.1, -0.05) is 13.3 Å². The third kappa shape index (κ3) is 8.25. The molecule has 156 valence electrons. The molecule has 2 rings (SSSR count). The zero-order valence-electron chi connectivity index (χ0n) is 17.0. The molecule has 1 aliphatic heterocycles. The largest absolute Gasteiger partial charge is 0.396 e. The van der Waals surface area contributed by atoms with Crippen molar-refractivity contribution in [2.75, 3.05) is 32.8 Å². The Morgan fingerprint density at radius 1 is 1.33 bits per heavy atom. The zero-order valence-corrected chi connectivity index (χ0v) is 20.2. The third-order valence-corrected chi connectivity index (χ3v) is 6.13. The summed E-state index contributed by atoms with van der Waals surface area (Å²) in [5.41, 5.74) is 1.50. The van der Waals surface area contributed by atoms with Gasteiger partial charge in [-0.2, -0.15) is 0 Å². The SMILES string of the molecule is CCCC(CCO)CN=C(NCC)NCC(C)N1CCc2sccc2C1.I. The first-order valence-corrected chi connectivity index (χ1v) is 11.0. The number of rotatable bonds is 10. The molecule has 0 fully saturated rings. The van der Waals surface area contributed by atoms with E-state index in [0.717, 1.165) is 57.9 Å². The Hall–Kier alpha value is -0.380. The number of aliphatic hydroxyl groups excluding tert-OH is 1. The van der Waals surface area contributed by atoms with Gasteiger partial charge in [0, 0.05) is 50.2 Å². The van der Waals surface area contributed by atoms with Crippen LogP contribution in [0.25, 0.3) is 0 Å². The number of halogens is 1. The molecule has 2 atom stereocenters. The highest BCUT2D eigenvalue weighted by Gasteiger charge is 2.21. The molecule has 0 aromatic carbocycles. The van der Waals surface area contributed by atoms with E-state index in [-0.39, 0.29) is 30.6 Å². The maximum atomic E-state index is 9.22. The first-order valence-electron chi connectivity index (χ1n) is 10.1. The minimum atomic E-state index is 0. The minimum absolute atomic E-state index is 0. The second kappa shape index (κ2) is 13.7. The van der Waals surface area contributed by atoms with Crippen molar-refractivity contribution in [3.63, 3.8) is 0 Å². The summed E-state index contributed by atoms with van der Waals surface area (Å²) in [6.07, 6.45) is 4.27. The fourth-order valence-electron chi connectivity index (χ4n) is 3.50. The van der Waals surface area contributed by atoms with E-state index in [1.54, 1.807) is 4.88 Å². The Labute approximate surface area is 186 Å². The lowest BCUT2D eigenvalue weighted by Gasteiger charge is -2.32. The summed E-state index contributed by atoms with van der Waals surface area (Å²) in [7, 11) is 0. The highest BCUT2D eigenvalue weighted by atomic mass is 127. The average Bonchev–Trinajstić information content (AvgIpc) is 3.11. The van der Waals surface area contributed by atoms with Gasteiger partial charge in [0.2, 0.25) is 0 Å². The fraction of sp³-hybridized carbons (Fsp3) is 0.750. The number of nitrogens with zero attached hydrogens (tertiary/aromatic N) is 2. The van der Waals surface area contributed by atoms with Gasteiger partial charge in [-0.15, -0.1) is 35.3 Å². The van der Waals surface area contributed by atoms with Gasteiger partial charge in [-0.3, -0.25) is 9.89 Å². The van der Waals surface area contributed by atoms with E-state index < -0.39 is 0 Å². The number of hydrogen-bond acceptors (Lipinski definition) is 4. The van der Waals surface area contributed by atoms with Gasteiger partial charge < -0.3 is 15.7 Å². The minimum Gasteiger partial charge on any atom is -0.396 e. The third-order valence-electron chi connectivity index (χ3n) is 5.11. The molecule has 1 aromatic heterocycles. The van der Waals surface area contributed by atoms with Crippen LogP contribution < -0.4 is 10.6 Å². The zero-order chi connectivity index (χ0) is 18.8. The highest BCUT2D eigenvalue weighted by Crippen LogP contribution is 2.24. The van der Waals surface area contributed by atoms with E-state index in [4.69, 9.17) is 4.99 Å². The number of nitrogens with one attached hydrogen (secondary N) is 2. The molecular weight excluding hydrogens is 471 g/mol. The van der Waals surface area contributed by atoms with Gasteiger partial charge >= 0.3 is 0 Å². The molecule has 0 saturated heterocycles. The van der Waals surface area contributed by atoms with E-state index >= 15 is 0 Å². The van der Waals surface area contributed by atoms with Crippen LogP contribution in [-0.2, 0) is 13.0 Å². The van der Waals surface area contributed by atoms with Gasteiger partial charge in [-0.25, -0.2) is 0 Å². The van der Waals surface area contributed by atoms with Crippen LogP contribution in [0.5, 0.6) is 0 Å². The molecule has 1 aromatic rings. The van der Waals surface area contributed by atoms with E-state index in [0.29, 0.717) is 12.0 Å². The highest BCUT2D eigenvalue weighted by molar-refractivity contribution is 14.0. The maximum absolute atomic E-state index is 9.22. The molecule has 0 amide bonds. The van der Waals surface area contributed by atoms with E-state index in [1.165, 1.54) is 12.0 Å². The van der Waals surface area contributed by atoms with Gasteiger partial charge in [0.05, 0.1) is 0 Å². The lowest BCUT2D eigenvalue weighted by Crippen LogP contribution is -2.47. The summed E-state index contributed by atoms with van der Waals surface area (Å²) in [5, 5.41) is 18.3. The number of hydrogen-bond donors (Lipinski definition) is 3. The van der Waals surface area contributed by atoms with Crippen molar-refractivity contribution < 1.29 is 5.11 Å². The van der Waals surface area contributed by atoms with Crippen LogP contribution in [0.3, 0.4) is 0 Å². The molecular formula is C20H37IN4OS. The van der Waals surface area contributed by atoms with Crippen molar-refractivity contribution >= 4 is 41.3 Å². The van der Waals surface area contributed by atoms with Crippen LogP contribution in [0.4, 0.5) is 0 Å². The lowest BCUT2D eigenvalue weighted by molar-refractivity contribution is 0.192. The first kappa shape index (κ1) is 24.7. The molecule has 0 bridgehead atoms. The molecule has 2 heterocycles. The van der Waals surface area contributed by atoms with E-state index in [9.17, 15) is 5.11 Å². The predicted molar refractivity (Wildman–Crippen MR) is 127 cm³/mol. The predicted octanol–water partition coefficient (Wildman–Crippen LogP) is 3.47. The molecule has 0 saturated carbocycles. The van der Waals surface area contributed by atoms with E-state index in [1.807, 2.05) is 11.3 Å². The van der Waals surface area contributed by atoms with Crippen molar-refractivity contribution in [2.24, 2.45) is 10.9 Å². The second-order valence-corrected chi connectivity index (χ2v) is 8.21. The monoisotopic (exact) mass is 508 g/mol. The Bertz CT molecular complexity index is 546. The summed E-state index contributed by atoms with van der Waals surface area (Å²) in [6.45, 7) is 11.6. The van der Waals surface area contributed by atoms with Gasteiger partial charge in [0.1, 0.15) is 0 Å². The number of fused-ring (bicyclic) bond motifs is 1. The molecule has 1 aliphatic rings. The van der Waals surface area contributed by atoms with Crippen LogP contribution in [0.2, 0.25) is 0 Å². The Morgan fingerprint density at radius 2 is 2.15 bits per heavy atom. The van der Waals surface area contributed by atoms with Crippen LogP contribution in [0, 0.1) is 5.92 Å². The van der Waals surface area contributed by atoms with Crippen molar-refractivity contribution in [3.05, 3.63) is 21.9 Å². The van der Waals surface area contributed by atoms with Gasteiger partial charge in [-0.05, 0) is 56.0 Å². The van der Waals surface area contributed by atoms with Crippen LogP contribution in [0.1, 0.15) is 50.5 Å². The molecule has 3 N–H and O–H groups in total. The van der Waals surface area contributed by atoms with E-state index in [2.05, 4.69) is 47.8 Å². The summed E-state index contributed by atoms with van der Waals surface area (Å²) in [5.74, 6) is 1.36. The Kier molecular flexibility index (Phi) is 12.5. The summed E-state index contributed by atoms with van der Waals surface area (Å²) in [6, 6.07) is 2.74. The summed E-state index contributed by atoms with van der Waals surface area (Å²) < 4.78 is 0. The molecule has 0 spiro atoms. The van der Waals surface area contributed by atoms with Crippen molar-refractivity contribution in [3.8, 4) is 0 Å². The molecule has 2 unspecified atom stereocenters. The van der Waals surface area contributed by atoms with Crippen LogP contribution >= 0.6 is 35.3 Å². The average molecular weight is 509 g/mol. The Morgan fingerprint density at radius 3 is 2.85 bits per heavy atom. The van der Waals surface area contributed by atoms with Gasteiger partial charge in [0.25, 0.3) is 0 Å². The van der Waals surface area contributed by atoms with Crippen molar-refractivity contribution in [1.82, 2.24) is 15.5 Å². The topological polar surface area (TPSA) is 59.9 Å². The number of aliphatic imine (C=N–C) groups is 1. The standard InChI is InChI=1S/C20H36N4OS.HI/c1-4-6-17(8-11-25)14-23-20(21-5-2)22-13-16(3)24-10-7-19-18(15-24)9-12-26-19;/h9,12,16-17,25H,4-8,10-11,13-15H2,1-3H3,(H2,21,22,23);1H. The fourth-order valence-corrected chi connectivity index (χ4v) is 4.39. The molecule has 7 heteroatoms.